The van der Waals surface area contributed by atoms with Crippen LogP contribution in [0.2, 0.25) is 0 Å². The van der Waals surface area contributed by atoms with Crippen LogP contribution in [0.25, 0.3) is 0 Å². The van der Waals surface area contributed by atoms with Crippen molar-refractivity contribution in [1.82, 2.24) is 19.7 Å². The van der Waals surface area contributed by atoms with Gasteiger partial charge in [0.05, 0.1) is 29.8 Å². The van der Waals surface area contributed by atoms with Crippen LogP contribution < -0.4 is 0 Å². The van der Waals surface area contributed by atoms with Crippen molar-refractivity contribution in [2.75, 3.05) is 54.5 Å². The fourth-order valence-electron chi connectivity index (χ4n) is 7.88. The molecule has 11 heteroatoms. The Labute approximate surface area is 276 Å². The number of carbonyl (C=O) groups excluding carboxylic acids is 1. The number of ether oxygens (including phenoxy) is 4. The molecule has 3 aliphatic heterocycles. The van der Waals surface area contributed by atoms with Gasteiger partial charge in [-0.3, -0.25) is 14.7 Å². The third kappa shape index (κ3) is 8.36. The number of nitrogens with zero attached hydrogens (tertiary/aromatic N) is 4. The molecule has 1 unspecified atom stereocenters. The number of rotatable bonds is 7. The number of pyridine rings is 1. The van der Waals surface area contributed by atoms with E-state index < -0.39 is 41.7 Å². The molecule has 1 aromatic heterocycles. The van der Waals surface area contributed by atoms with Gasteiger partial charge in [-0.2, -0.15) is 0 Å². The maximum absolute atomic E-state index is 14.3. The predicted molar refractivity (Wildman–Crippen MR) is 176 cm³/mol. The zero-order valence-corrected chi connectivity index (χ0v) is 29.8. The van der Waals surface area contributed by atoms with Crippen LogP contribution in [0.1, 0.15) is 59.9 Å². The van der Waals surface area contributed by atoms with E-state index in [1.54, 1.807) is 21.0 Å². The Morgan fingerprint density at radius 1 is 1.09 bits per heavy atom. The number of aliphatic hydroxyl groups is 2. The first-order valence-corrected chi connectivity index (χ1v) is 16.9. The van der Waals surface area contributed by atoms with E-state index >= 15 is 0 Å². The van der Waals surface area contributed by atoms with Crippen molar-refractivity contribution in [2.45, 2.75) is 110 Å². The van der Waals surface area contributed by atoms with Crippen molar-refractivity contribution in [3.05, 3.63) is 30.1 Å². The molecule has 0 amide bonds. The van der Waals surface area contributed by atoms with Gasteiger partial charge in [0.15, 0.2) is 12.6 Å². The van der Waals surface area contributed by atoms with Crippen molar-refractivity contribution in [3.63, 3.8) is 0 Å². The van der Waals surface area contributed by atoms with Crippen LogP contribution >= 0.6 is 0 Å². The second-order valence-electron chi connectivity index (χ2n) is 15.3. The van der Waals surface area contributed by atoms with Crippen LogP contribution in [0, 0.1) is 23.2 Å². The van der Waals surface area contributed by atoms with E-state index in [1.165, 1.54) is 5.56 Å². The highest BCUT2D eigenvalue weighted by Gasteiger charge is 2.51. The van der Waals surface area contributed by atoms with Crippen LogP contribution in [-0.2, 0) is 30.3 Å². The summed E-state index contributed by atoms with van der Waals surface area (Å²) in [5.41, 5.74) is -0.882. The van der Waals surface area contributed by atoms with Gasteiger partial charge in [0.2, 0.25) is 0 Å². The Bertz CT molecular complexity index is 1120. The van der Waals surface area contributed by atoms with Crippen LogP contribution in [0.5, 0.6) is 0 Å². The third-order valence-electron chi connectivity index (χ3n) is 10.8. The molecular formula is C35H60N4O7. The maximum Gasteiger partial charge on any atom is 0.185 e. The van der Waals surface area contributed by atoms with Gasteiger partial charge in [-0.25, -0.2) is 0 Å². The van der Waals surface area contributed by atoms with E-state index in [9.17, 15) is 15.0 Å². The highest BCUT2D eigenvalue weighted by molar-refractivity contribution is 5.87. The van der Waals surface area contributed by atoms with Gasteiger partial charge < -0.3 is 39.0 Å². The monoisotopic (exact) mass is 648 g/mol. The van der Waals surface area contributed by atoms with Gasteiger partial charge in [-0.05, 0) is 85.3 Å². The normalized spacial score (nSPS) is 39.3. The summed E-state index contributed by atoms with van der Waals surface area (Å²) in [4.78, 5) is 25.2. The fourth-order valence-corrected chi connectivity index (χ4v) is 7.88. The molecule has 0 bridgehead atoms. The predicted octanol–water partition coefficient (Wildman–Crippen LogP) is 2.64. The average molecular weight is 649 g/mol. The molecule has 0 aromatic carbocycles. The van der Waals surface area contributed by atoms with Crippen molar-refractivity contribution in [2.24, 2.45) is 23.2 Å². The van der Waals surface area contributed by atoms with Gasteiger partial charge >= 0.3 is 0 Å². The first-order chi connectivity index (χ1) is 21.6. The molecule has 3 fully saturated rings. The summed E-state index contributed by atoms with van der Waals surface area (Å²) in [7, 11) is 7.65. The Kier molecular flexibility index (Phi) is 12.4. The Morgan fingerprint density at radius 3 is 2.35 bits per heavy atom. The molecule has 46 heavy (non-hydrogen) atoms. The van der Waals surface area contributed by atoms with E-state index in [1.807, 2.05) is 64.3 Å². The maximum atomic E-state index is 14.3. The van der Waals surface area contributed by atoms with Crippen LogP contribution in [-0.4, -0.2) is 139 Å². The molecule has 3 saturated heterocycles. The summed E-state index contributed by atoms with van der Waals surface area (Å²) >= 11 is 0. The molecule has 0 aliphatic carbocycles. The minimum absolute atomic E-state index is 0.0611. The Hall–Kier alpha value is -1.54. The summed E-state index contributed by atoms with van der Waals surface area (Å²) in [5, 5.41) is 22.7. The number of aromatic nitrogens is 1. The smallest absolute Gasteiger partial charge is 0.185 e. The fraction of sp³-hybridized carbons (Fsp3) is 0.829. The van der Waals surface area contributed by atoms with Crippen molar-refractivity contribution in [1.29, 1.82) is 0 Å². The minimum Gasteiger partial charge on any atom is -0.386 e. The molecule has 4 rings (SSSR count). The Morgan fingerprint density at radius 2 is 1.74 bits per heavy atom. The van der Waals surface area contributed by atoms with E-state index in [-0.39, 0.29) is 29.9 Å². The molecule has 2 N–H and O–H groups in total. The molecule has 262 valence electrons. The number of likely N-dealkylation sites (tertiary alicyclic amines) is 1. The summed E-state index contributed by atoms with van der Waals surface area (Å²) < 4.78 is 25.3. The lowest BCUT2D eigenvalue weighted by Gasteiger charge is -2.48. The summed E-state index contributed by atoms with van der Waals surface area (Å²) in [6, 6.07) is 4.00. The molecule has 0 saturated carbocycles. The number of methoxy groups -OCH3 is 1. The number of hydrogen-bond donors (Lipinski definition) is 2. The first kappa shape index (κ1) is 37.3. The number of hydrogen-bond acceptors (Lipinski definition) is 11. The number of aliphatic hydroxyl groups excluding tert-OH is 2. The standard InChI is InChI=1S/C35H60N4O7/c1-22-16-35(6,43-10)31(46-32-29(40)27(37(7)8)15-23(2)45-32)24(3)30(41)34(4,5)33(42)44-21-28(38(9)17-22)26-19-39(20-26)18-25-11-13-36-14-12-25/h11-14,22-24,26-29,31-33,40,42H,15-21H2,1-10H3/t22-,23-,24+,27+,28+,29-,31-,32+,33?,35-/m1/s1. The second-order valence-corrected chi connectivity index (χ2v) is 15.3. The molecule has 0 radical (unpaired) electrons. The van der Waals surface area contributed by atoms with Gasteiger partial charge in [0.1, 0.15) is 11.9 Å². The molecule has 0 spiro atoms. The molecule has 4 heterocycles. The SMILES string of the molecule is CO[C@]1(C)C[C@@H](C)CN(C)[C@H](C2CN(Cc3ccncc3)C2)COC(O)C(C)(C)C(=O)[C@H](C)[C@H]1O[C@@H]1O[C@H](C)C[C@H](N(C)C)[C@H]1O. The number of likely N-dealkylation sites (N-methyl/N-ethyl adjacent to an activating group) is 2. The van der Waals surface area contributed by atoms with Gasteiger partial charge in [-0.15, -0.1) is 0 Å². The molecule has 3 aliphatic rings. The van der Waals surface area contributed by atoms with Crippen LogP contribution in [0.15, 0.2) is 24.5 Å². The van der Waals surface area contributed by atoms with Gasteiger partial charge in [0, 0.05) is 69.6 Å². The van der Waals surface area contributed by atoms with Gasteiger partial charge in [-0.1, -0.05) is 13.8 Å². The summed E-state index contributed by atoms with van der Waals surface area (Å²) in [6.45, 7) is 15.2. The minimum atomic E-state index is -1.31. The van der Waals surface area contributed by atoms with Crippen molar-refractivity contribution >= 4 is 5.78 Å². The van der Waals surface area contributed by atoms with E-state index in [2.05, 4.69) is 28.8 Å². The summed E-state index contributed by atoms with van der Waals surface area (Å²) in [5.74, 6) is -0.364. The second kappa shape index (κ2) is 15.3. The lowest BCUT2D eigenvalue weighted by atomic mass is 9.74. The highest BCUT2D eigenvalue weighted by atomic mass is 16.7. The zero-order chi connectivity index (χ0) is 34.0. The number of carbonyl (C=O) groups is 1. The van der Waals surface area contributed by atoms with E-state index in [0.717, 1.165) is 26.2 Å². The van der Waals surface area contributed by atoms with Crippen LogP contribution in [0.3, 0.4) is 0 Å². The number of Topliss-reactive ketones (excluding diaryl/α,β-unsaturated/α-hetero) is 1. The lowest BCUT2D eigenvalue weighted by molar-refractivity contribution is -0.296. The van der Waals surface area contributed by atoms with E-state index in [4.69, 9.17) is 18.9 Å². The number of ketones is 1. The Balaban J connectivity index is 1.58. The molecule has 11 nitrogen and oxygen atoms in total. The summed E-state index contributed by atoms with van der Waals surface area (Å²) in [6.07, 6.45) is 0.859. The van der Waals surface area contributed by atoms with Crippen molar-refractivity contribution < 1.29 is 34.0 Å². The van der Waals surface area contributed by atoms with Gasteiger partial charge in [0.25, 0.3) is 0 Å². The molecule has 1 aromatic rings. The zero-order valence-electron chi connectivity index (χ0n) is 29.8. The quantitative estimate of drug-likeness (QED) is 0.455. The van der Waals surface area contributed by atoms with Crippen molar-refractivity contribution in [3.8, 4) is 0 Å². The largest absolute Gasteiger partial charge is 0.386 e. The van der Waals surface area contributed by atoms with Crippen LogP contribution in [0.4, 0.5) is 0 Å². The molecular weight excluding hydrogens is 588 g/mol. The first-order valence-electron chi connectivity index (χ1n) is 16.9. The van der Waals surface area contributed by atoms with E-state index in [0.29, 0.717) is 25.4 Å². The molecule has 10 atom stereocenters. The lowest BCUT2D eigenvalue weighted by Crippen LogP contribution is -2.59. The topological polar surface area (TPSA) is 117 Å². The average Bonchev–Trinajstić information content (AvgIpc) is 2.98. The highest BCUT2D eigenvalue weighted by Crippen LogP contribution is 2.39. The third-order valence-corrected chi connectivity index (χ3v) is 10.8.